The van der Waals surface area contributed by atoms with Gasteiger partial charge in [-0.25, -0.2) is 4.99 Å². The van der Waals surface area contributed by atoms with E-state index in [1.54, 1.807) is 12.1 Å². The third-order valence-electron chi connectivity index (χ3n) is 2.84. The molecule has 24 heavy (non-hydrogen) atoms. The molecule has 0 radical (unpaired) electrons. The van der Waals surface area contributed by atoms with Crippen LogP contribution in [0.25, 0.3) is 0 Å². The van der Waals surface area contributed by atoms with Gasteiger partial charge in [0.2, 0.25) is 5.91 Å². The summed E-state index contributed by atoms with van der Waals surface area (Å²) in [4.78, 5) is 15.2. The Labute approximate surface area is 158 Å². The molecular weight excluding hydrogens is 419 g/mol. The van der Waals surface area contributed by atoms with E-state index in [0.29, 0.717) is 30.5 Å². The fraction of sp³-hybridized carbons (Fsp3) is 0.176. The number of rotatable bonds is 6. The van der Waals surface area contributed by atoms with Gasteiger partial charge in [-0.1, -0.05) is 24.3 Å². The Bertz CT molecular complexity index is 677. The molecule has 0 spiro atoms. The van der Waals surface area contributed by atoms with Crippen LogP contribution in [-0.4, -0.2) is 25.0 Å². The van der Waals surface area contributed by atoms with Crippen LogP contribution >= 0.6 is 24.0 Å². The summed E-state index contributed by atoms with van der Waals surface area (Å²) in [5.74, 6) is 0.888. The zero-order valence-corrected chi connectivity index (χ0v) is 15.7. The standard InChI is InChI=1S/C17H20N4O2.HI/c1-13(22)20-15-8-5-9-16(12-15)23-11-10-19-17(18)21-14-6-3-2-4-7-14;/h2-9,12H,10-11H2,1H3,(H,20,22)(H3,18,19,21);1H. The Morgan fingerprint density at radius 2 is 1.79 bits per heavy atom. The van der Waals surface area contributed by atoms with Gasteiger partial charge in [-0.3, -0.25) is 4.79 Å². The maximum atomic E-state index is 11.0. The summed E-state index contributed by atoms with van der Waals surface area (Å²) in [6.45, 7) is 2.28. The second-order valence-corrected chi connectivity index (χ2v) is 4.82. The molecule has 4 N–H and O–H groups in total. The molecule has 7 heteroatoms. The molecule has 0 bridgehead atoms. The van der Waals surface area contributed by atoms with Crippen molar-refractivity contribution in [2.45, 2.75) is 6.92 Å². The van der Waals surface area contributed by atoms with Gasteiger partial charge >= 0.3 is 0 Å². The van der Waals surface area contributed by atoms with E-state index in [1.807, 2.05) is 42.5 Å². The van der Waals surface area contributed by atoms with Crippen LogP contribution in [0.4, 0.5) is 11.4 Å². The SMILES string of the molecule is CC(=O)Nc1cccc(OCCN=C(N)Nc2ccccc2)c1.I. The maximum absolute atomic E-state index is 11.0. The number of para-hydroxylation sites is 1. The van der Waals surface area contributed by atoms with Crippen molar-refractivity contribution in [1.82, 2.24) is 0 Å². The van der Waals surface area contributed by atoms with Gasteiger partial charge in [0.15, 0.2) is 5.96 Å². The van der Waals surface area contributed by atoms with Crippen LogP contribution in [0, 0.1) is 0 Å². The highest BCUT2D eigenvalue weighted by molar-refractivity contribution is 14.0. The molecule has 0 fully saturated rings. The number of guanidine groups is 1. The Morgan fingerprint density at radius 1 is 1.08 bits per heavy atom. The Kier molecular flexibility index (Phi) is 8.63. The quantitative estimate of drug-likeness (QED) is 0.279. The van der Waals surface area contributed by atoms with Gasteiger partial charge in [0.1, 0.15) is 12.4 Å². The second kappa shape index (κ2) is 10.5. The molecule has 0 unspecified atom stereocenters. The molecule has 128 valence electrons. The Hall–Kier alpha value is -2.29. The van der Waals surface area contributed by atoms with E-state index >= 15 is 0 Å². The van der Waals surface area contributed by atoms with Crippen molar-refractivity contribution < 1.29 is 9.53 Å². The highest BCUT2D eigenvalue weighted by Crippen LogP contribution is 2.17. The summed E-state index contributed by atoms with van der Waals surface area (Å²) in [5, 5.41) is 5.70. The van der Waals surface area contributed by atoms with Gasteiger partial charge in [0, 0.05) is 24.4 Å². The zero-order chi connectivity index (χ0) is 16.5. The van der Waals surface area contributed by atoms with Crippen molar-refractivity contribution in [3.05, 3.63) is 54.6 Å². The number of nitrogens with two attached hydrogens (primary N) is 1. The fourth-order valence-corrected chi connectivity index (χ4v) is 1.91. The maximum Gasteiger partial charge on any atom is 0.221 e. The van der Waals surface area contributed by atoms with Crippen molar-refractivity contribution >= 4 is 47.2 Å². The second-order valence-electron chi connectivity index (χ2n) is 4.82. The minimum Gasteiger partial charge on any atom is -0.492 e. The van der Waals surface area contributed by atoms with E-state index in [1.165, 1.54) is 6.92 Å². The van der Waals surface area contributed by atoms with Gasteiger partial charge in [-0.05, 0) is 24.3 Å². The van der Waals surface area contributed by atoms with Crippen molar-refractivity contribution in [3.63, 3.8) is 0 Å². The molecule has 0 heterocycles. The summed E-state index contributed by atoms with van der Waals surface area (Å²) in [6.07, 6.45) is 0. The van der Waals surface area contributed by atoms with Crippen molar-refractivity contribution in [2.75, 3.05) is 23.8 Å². The van der Waals surface area contributed by atoms with Crippen LogP contribution in [0.1, 0.15) is 6.92 Å². The van der Waals surface area contributed by atoms with Crippen LogP contribution in [0.2, 0.25) is 0 Å². The molecule has 2 aromatic rings. The molecule has 0 saturated carbocycles. The zero-order valence-electron chi connectivity index (χ0n) is 13.4. The van der Waals surface area contributed by atoms with Crippen LogP contribution in [0.15, 0.2) is 59.6 Å². The summed E-state index contributed by atoms with van der Waals surface area (Å²) in [6, 6.07) is 16.8. The molecule has 0 aliphatic carbocycles. The van der Waals surface area contributed by atoms with E-state index in [-0.39, 0.29) is 29.9 Å². The van der Waals surface area contributed by atoms with Gasteiger partial charge in [0.05, 0.1) is 6.54 Å². The largest absolute Gasteiger partial charge is 0.492 e. The lowest BCUT2D eigenvalue weighted by Gasteiger charge is -2.08. The lowest BCUT2D eigenvalue weighted by molar-refractivity contribution is -0.114. The average Bonchev–Trinajstić information content (AvgIpc) is 2.52. The van der Waals surface area contributed by atoms with Gasteiger partial charge < -0.3 is 21.1 Å². The lowest BCUT2D eigenvalue weighted by Crippen LogP contribution is -2.23. The molecule has 6 nitrogen and oxygen atoms in total. The molecule has 0 atom stereocenters. The number of halogens is 1. The number of ether oxygens (including phenoxy) is 1. The molecule has 0 aliphatic heterocycles. The van der Waals surface area contributed by atoms with E-state index in [0.717, 1.165) is 5.69 Å². The number of anilines is 2. The molecule has 2 rings (SSSR count). The summed E-state index contributed by atoms with van der Waals surface area (Å²) >= 11 is 0. The number of carbonyl (C=O) groups is 1. The van der Waals surface area contributed by atoms with E-state index < -0.39 is 0 Å². The molecule has 0 aliphatic rings. The minimum absolute atomic E-state index is 0. The predicted octanol–water partition coefficient (Wildman–Crippen LogP) is 3.07. The number of hydrogen-bond donors (Lipinski definition) is 3. The topological polar surface area (TPSA) is 88.7 Å². The van der Waals surface area contributed by atoms with Gasteiger partial charge in [-0.15, -0.1) is 24.0 Å². The number of benzene rings is 2. The van der Waals surface area contributed by atoms with Gasteiger partial charge in [-0.2, -0.15) is 0 Å². The fourth-order valence-electron chi connectivity index (χ4n) is 1.91. The highest BCUT2D eigenvalue weighted by Gasteiger charge is 1.99. The third-order valence-corrected chi connectivity index (χ3v) is 2.84. The lowest BCUT2D eigenvalue weighted by atomic mass is 10.3. The summed E-state index contributed by atoms with van der Waals surface area (Å²) in [5.41, 5.74) is 7.38. The van der Waals surface area contributed by atoms with E-state index in [9.17, 15) is 4.79 Å². The third kappa shape index (κ3) is 7.32. The van der Waals surface area contributed by atoms with Crippen LogP contribution in [-0.2, 0) is 4.79 Å². The average molecular weight is 440 g/mol. The number of hydrogen-bond acceptors (Lipinski definition) is 3. The smallest absolute Gasteiger partial charge is 0.221 e. The Balaban J connectivity index is 0.00000288. The minimum atomic E-state index is -0.119. The highest BCUT2D eigenvalue weighted by atomic mass is 127. The van der Waals surface area contributed by atoms with Crippen LogP contribution in [0.5, 0.6) is 5.75 Å². The number of aliphatic imine (C=N–C) groups is 1. The first kappa shape index (κ1) is 19.8. The number of nitrogens with zero attached hydrogens (tertiary/aromatic N) is 1. The molecular formula is C17H21IN4O2. The first-order valence-corrected chi connectivity index (χ1v) is 7.26. The molecule has 2 aromatic carbocycles. The van der Waals surface area contributed by atoms with Crippen molar-refractivity contribution in [2.24, 2.45) is 10.7 Å². The van der Waals surface area contributed by atoms with E-state index in [2.05, 4.69) is 15.6 Å². The first-order chi connectivity index (χ1) is 11.1. The predicted molar refractivity (Wildman–Crippen MR) is 108 cm³/mol. The molecule has 1 amide bonds. The van der Waals surface area contributed by atoms with Crippen molar-refractivity contribution in [3.8, 4) is 5.75 Å². The van der Waals surface area contributed by atoms with Crippen LogP contribution < -0.4 is 21.1 Å². The summed E-state index contributed by atoms with van der Waals surface area (Å²) < 4.78 is 5.59. The van der Waals surface area contributed by atoms with Crippen molar-refractivity contribution in [1.29, 1.82) is 0 Å². The normalized spacial score (nSPS) is 10.5. The van der Waals surface area contributed by atoms with Crippen LogP contribution in [0.3, 0.4) is 0 Å². The van der Waals surface area contributed by atoms with E-state index in [4.69, 9.17) is 10.5 Å². The Morgan fingerprint density at radius 3 is 2.50 bits per heavy atom. The molecule has 0 aromatic heterocycles. The summed E-state index contributed by atoms with van der Waals surface area (Å²) in [7, 11) is 0. The van der Waals surface area contributed by atoms with Gasteiger partial charge in [0.25, 0.3) is 0 Å². The first-order valence-electron chi connectivity index (χ1n) is 7.26. The molecule has 0 saturated heterocycles. The number of amides is 1. The monoisotopic (exact) mass is 440 g/mol. The number of carbonyl (C=O) groups excluding carboxylic acids is 1. The number of nitrogens with one attached hydrogen (secondary N) is 2.